The van der Waals surface area contributed by atoms with Gasteiger partial charge >= 0.3 is 0 Å². The third-order valence-corrected chi connectivity index (χ3v) is 5.44. The molecular formula is C18H28N2O2. The SMILES string of the molecule is COc1ccc(CN2CCC(C3(OC)CCN(C)C3)C2)cc1. The maximum atomic E-state index is 6.00. The Balaban J connectivity index is 1.59. The number of nitrogens with zero attached hydrogens (tertiary/aromatic N) is 2. The molecule has 4 heteroatoms. The van der Waals surface area contributed by atoms with E-state index in [0.717, 1.165) is 31.9 Å². The zero-order valence-corrected chi connectivity index (χ0v) is 14.0. The van der Waals surface area contributed by atoms with E-state index in [9.17, 15) is 0 Å². The highest BCUT2D eigenvalue weighted by Crippen LogP contribution is 2.37. The maximum absolute atomic E-state index is 6.00. The van der Waals surface area contributed by atoms with E-state index in [0.29, 0.717) is 5.92 Å². The Morgan fingerprint density at radius 3 is 2.55 bits per heavy atom. The second kappa shape index (κ2) is 6.57. The van der Waals surface area contributed by atoms with Gasteiger partial charge in [0.15, 0.2) is 0 Å². The molecule has 4 nitrogen and oxygen atoms in total. The Hall–Kier alpha value is -1.10. The van der Waals surface area contributed by atoms with Crippen molar-refractivity contribution in [3.8, 4) is 5.75 Å². The summed E-state index contributed by atoms with van der Waals surface area (Å²) in [7, 11) is 5.80. The second-order valence-corrected chi connectivity index (χ2v) is 6.83. The van der Waals surface area contributed by atoms with Crippen LogP contribution in [0.25, 0.3) is 0 Å². The molecule has 2 heterocycles. The lowest BCUT2D eigenvalue weighted by atomic mass is 9.85. The van der Waals surface area contributed by atoms with Gasteiger partial charge in [0.1, 0.15) is 5.75 Å². The highest BCUT2D eigenvalue weighted by Gasteiger charge is 2.46. The summed E-state index contributed by atoms with van der Waals surface area (Å²) in [6.45, 7) is 5.57. The molecule has 1 aromatic rings. The van der Waals surface area contributed by atoms with E-state index < -0.39 is 0 Å². The van der Waals surface area contributed by atoms with Gasteiger partial charge in [0.2, 0.25) is 0 Å². The lowest BCUT2D eigenvalue weighted by Crippen LogP contribution is -2.43. The van der Waals surface area contributed by atoms with Gasteiger partial charge in [-0.2, -0.15) is 0 Å². The van der Waals surface area contributed by atoms with Crippen LogP contribution >= 0.6 is 0 Å². The predicted octanol–water partition coefficient (Wildman–Crippen LogP) is 2.24. The average molecular weight is 304 g/mol. The number of likely N-dealkylation sites (N-methyl/N-ethyl adjacent to an activating group) is 1. The highest BCUT2D eigenvalue weighted by molar-refractivity contribution is 5.27. The predicted molar refractivity (Wildman–Crippen MR) is 88.2 cm³/mol. The molecule has 122 valence electrons. The van der Waals surface area contributed by atoms with Crippen molar-refractivity contribution in [3.05, 3.63) is 29.8 Å². The van der Waals surface area contributed by atoms with E-state index in [4.69, 9.17) is 9.47 Å². The monoisotopic (exact) mass is 304 g/mol. The van der Waals surface area contributed by atoms with Crippen LogP contribution in [-0.4, -0.2) is 62.8 Å². The van der Waals surface area contributed by atoms with Crippen LogP contribution in [0.3, 0.4) is 0 Å². The van der Waals surface area contributed by atoms with E-state index in [2.05, 4.69) is 29.0 Å². The molecule has 0 radical (unpaired) electrons. The molecule has 0 saturated carbocycles. The third kappa shape index (κ3) is 3.14. The molecule has 2 unspecified atom stereocenters. The van der Waals surface area contributed by atoms with Crippen LogP contribution in [0.4, 0.5) is 0 Å². The molecule has 22 heavy (non-hydrogen) atoms. The standard InChI is InChI=1S/C18H28N2O2/c1-19-11-9-18(14-19,22-3)16-8-10-20(13-16)12-15-4-6-17(21-2)7-5-15/h4-7,16H,8-14H2,1-3H3. The summed E-state index contributed by atoms with van der Waals surface area (Å²) in [5, 5.41) is 0. The lowest BCUT2D eigenvalue weighted by Gasteiger charge is -2.34. The van der Waals surface area contributed by atoms with Crippen molar-refractivity contribution in [2.24, 2.45) is 5.92 Å². The number of rotatable bonds is 5. The van der Waals surface area contributed by atoms with Gasteiger partial charge < -0.3 is 14.4 Å². The van der Waals surface area contributed by atoms with Crippen LogP contribution in [0, 0.1) is 5.92 Å². The molecule has 0 N–H and O–H groups in total. The van der Waals surface area contributed by atoms with Crippen LogP contribution in [0.5, 0.6) is 5.75 Å². The summed E-state index contributed by atoms with van der Waals surface area (Å²) in [5.41, 5.74) is 1.43. The fraction of sp³-hybridized carbons (Fsp3) is 0.667. The molecule has 0 aliphatic carbocycles. The van der Waals surface area contributed by atoms with Gasteiger partial charge in [0.05, 0.1) is 12.7 Å². The topological polar surface area (TPSA) is 24.9 Å². The van der Waals surface area contributed by atoms with Crippen molar-refractivity contribution in [1.82, 2.24) is 9.80 Å². The molecule has 0 amide bonds. The molecular weight excluding hydrogens is 276 g/mol. The smallest absolute Gasteiger partial charge is 0.118 e. The Bertz CT molecular complexity index is 490. The minimum atomic E-state index is 0.0728. The van der Waals surface area contributed by atoms with Crippen molar-refractivity contribution in [3.63, 3.8) is 0 Å². The molecule has 2 aliphatic heterocycles. The highest BCUT2D eigenvalue weighted by atomic mass is 16.5. The molecule has 0 bridgehead atoms. The Morgan fingerprint density at radius 2 is 1.95 bits per heavy atom. The summed E-state index contributed by atoms with van der Waals surface area (Å²) >= 11 is 0. The second-order valence-electron chi connectivity index (χ2n) is 6.83. The summed E-state index contributed by atoms with van der Waals surface area (Å²) in [5.74, 6) is 1.58. The van der Waals surface area contributed by atoms with Crippen molar-refractivity contribution in [1.29, 1.82) is 0 Å². The zero-order valence-electron chi connectivity index (χ0n) is 14.0. The first kappa shape index (κ1) is 15.8. The van der Waals surface area contributed by atoms with Gasteiger partial charge in [0, 0.05) is 39.2 Å². The lowest BCUT2D eigenvalue weighted by molar-refractivity contribution is -0.0450. The number of hydrogen-bond donors (Lipinski definition) is 0. The summed E-state index contributed by atoms with van der Waals surface area (Å²) < 4.78 is 11.2. The van der Waals surface area contributed by atoms with Crippen LogP contribution in [0.2, 0.25) is 0 Å². The van der Waals surface area contributed by atoms with Crippen molar-refractivity contribution in [2.75, 3.05) is 47.4 Å². The molecule has 0 aromatic heterocycles. The van der Waals surface area contributed by atoms with Gasteiger partial charge in [-0.1, -0.05) is 12.1 Å². The first-order chi connectivity index (χ1) is 10.6. The van der Waals surface area contributed by atoms with Gasteiger partial charge in [0.25, 0.3) is 0 Å². The van der Waals surface area contributed by atoms with E-state index in [1.807, 2.05) is 19.2 Å². The Labute approximate surface area is 134 Å². The fourth-order valence-corrected chi connectivity index (χ4v) is 4.06. The van der Waals surface area contributed by atoms with E-state index in [-0.39, 0.29) is 5.60 Å². The normalized spacial score (nSPS) is 30.0. The Morgan fingerprint density at radius 1 is 1.18 bits per heavy atom. The van der Waals surface area contributed by atoms with Crippen LogP contribution < -0.4 is 4.74 Å². The molecule has 2 atom stereocenters. The molecule has 1 aromatic carbocycles. The van der Waals surface area contributed by atoms with Crippen molar-refractivity contribution >= 4 is 0 Å². The zero-order chi connectivity index (χ0) is 15.6. The molecule has 2 saturated heterocycles. The number of hydrogen-bond acceptors (Lipinski definition) is 4. The number of methoxy groups -OCH3 is 2. The summed E-state index contributed by atoms with van der Waals surface area (Å²) in [6, 6.07) is 8.43. The molecule has 3 rings (SSSR count). The third-order valence-electron chi connectivity index (χ3n) is 5.44. The largest absolute Gasteiger partial charge is 0.497 e. The summed E-state index contributed by atoms with van der Waals surface area (Å²) in [6.07, 6.45) is 2.42. The number of benzene rings is 1. The van der Waals surface area contributed by atoms with E-state index >= 15 is 0 Å². The van der Waals surface area contributed by atoms with Gasteiger partial charge in [-0.25, -0.2) is 0 Å². The first-order valence-corrected chi connectivity index (χ1v) is 8.24. The van der Waals surface area contributed by atoms with Gasteiger partial charge in [-0.05, 0) is 44.1 Å². The molecule has 0 spiro atoms. The van der Waals surface area contributed by atoms with Gasteiger partial charge in [-0.3, -0.25) is 4.90 Å². The average Bonchev–Trinajstić information content (AvgIpc) is 3.16. The quantitative estimate of drug-likeness (QED) is 0.833. The minimum absolute atomic E-state index is 0.0728. The van der Waals surface area contributed by atoms with E-state index in [1.54, 1.807) is 7.11 Å². The van der Waals surface area contributed by atoms with E-state index in [1.165, 1.54) is 24.9 Å². The number of ether oxygens (including phenoxy) is 2. The van der Waals surface area contributed by atoms with Crippen molar-refractivity contribution < 1.29 is 9.47 Å². The maximum Gasteiger partial charge on any atom is 0.118 e. The fourth-order valence-electron chi connectivity index (χ4n) is 4.06. The first-order valence-electron chi connectivity index (χ1n) is 8.24. The minimum Gasteiger partial charge on any atom is -0.497 e. The van der Waals surface area contributed by atoms with Crippen LogP contribution in [-0.2, 0) is 11.3 Å². The van der Waals surface area contributed by atoms with Crippen molar-refractivity contribution in [2.45, 2.75) is 25.0 Å². The molecule has 2 fully saturated rings. The summed E-state index contributed by atoms with van der Waals surface area (Å²) in [4.78, 5) is 4.96. The van der Waals surface area contributed by atoms with Gasteiger partial charge in [-0.15, -0.1) is 0 Å². The molecule has 2 aliphatic rings. The number of likely N-dealkylation sites (tertiary alicyclic amines) is 2. The Kier molecular flexibility index (Phi) is 4.71. The van der Waals surface area contributed by atoms with Crippen LogP contribution in [0.1, 0.15) is 18.4 Å². The van der Waals surface area contributed by atoms with Crippen LogP contribution in [0.15, 0.2) is 24.3 Å².